The maximum absolute atomic E-state index is 4.85. The number of hydrogen-bond acceptors (Lipinski definition) is 2. The fourth-order valence-electron chi connectivity index (χ4n) is 0.346. The van der Waals surface area contributed by atoms with Gasteiger partial charge < -0.3 is 5.84 Å². The summed E-state index contributed by atoms with van der Waals surface area (Å²) in [5, 5.41) is 3.31. The van der Waals surface area contributed by atoms with E-state index in [0.29, 0.717) is 0 Å². The molecule has 0 radical (unpaired) electrons. The lowest BCUT2D eigenvalue weighted by atomic mass is 10.3. The Bertz CT molecular complexity index is 122. The lowest BCUT2D eigenvalue weighted by Crippen LogP contribution is -1.82. The Kier molecular flexibility index (Phi) is 3.58. The van der Waals surface area contributed by atoms with Crippen LogP contribution < -0.4 is 5.84 Å². The predicted molar refractivity (Wildman–Crippen MR) is 36.6 cm³/mol. The molecule has 0 bridgehead atoms. The minimum absolute atomic E-state index is 1.00. The molecule has 0 rings (SSSR count). The first-order valence-electron chi connectivity index (χ1n) is 2.34. The van der Waals surface area contributed by atoms with Crippen LogP contribution in [0.1, 0.15) is 6.92 Å². The lowest BCUT2D eigenvalue weighted by Gasteiger charge is -1.81. The van der Waals surface area contributed by atoms with Crippen LogP contribution in [0.25, 0.3) is 0 Å². The first-order chi connectivity index (χ1) is 3.81. The Balaban J connectivity index is 3.79. The maximum Gasteiger partial charge on any atom is 0.0494 e. The summed E-state index contributed by atoms with van der Waals surface area (Å²) in [6, 6.07) is 0. The van der Waals surface area contributed by atoms with Crippen LogP contribution in [0.15, 0.2) is 29.4 Å². The van der Waals surface area contributed by atoms with Crippen molar-refractivity contribution in [1.82, 2.24) is 0 Å². The van der Waals surface area contributed by atoms with Crippen LogP contribution in [-0.4, -0.2) is 6.21 Å². The second-order valence-electron chi connectivity index (χ2n) is 1.42. The van der Waals surface area contributed by atoms with E-state index < -0.39 is 0 Å². The smallest absolute Gasteiger partial charge is 0.0494 e. The van der Waals surface area contributed by atoms with Crippen LogP contribution >= 0.6 is 0 Å². The average molecular weight is 110 g/mol. The monoisotopic (exact) mass is 110 g/mol. The van der Waals surface area contributed by atoms with E-state index in [1.54, 1.807) is 12.3 Å². The summed E-state index contributed by atoms with van der Waals surface area (Å²) in [4.78, 5) is 0. The summed E-state index contributed by atoms with van der Waals surface area (Å²) in [7, 11) is 0. The van der Waals surface area contributed by atoms with Crippen molar-refractivity contribution in [1.29, 1.82) is 0 Å². The normalized spacial score (nSPS) is 12.4. The third-order valence-corrected chi connectivity index (χ3v) is 0.659. The summed E-state index contributed by atoms with van der Waals surface area (Å²) < 4.78 is 0. The first kappa shape index (κ1) is 6.95. The van der Waals surface area contributed by atoms with Gasteiger partial charge in [-0.25, -0.2) is 0 Å². The molecule has 44 valence electrons. The van der Waals surface area contributed by atoms with E-state index in [9.17, 15) is 0 Å². The van der Waals surface area contributed by atoms with Gasteiger partial charge in [0.25, 0.3) is 0 Å². The Morgan fingerprint density at radius 2 is 2.38 bits per heavy atom. The molecule has 0 saturated carbocycles. The van der Waals surface area contributed by atoms with Crippen LogP contribution in [0.4, 0.5) is 0 Å². The molecule has 0 aromatic rings. The minimum Gasteiger partial charge on any atom is -0.323 e. The summed E-state index contributed by atoms with van der Waals surface area (Å²) in [5.74, 6) is 4.85. The van der Waals surface area contributed by atoms with Crippen molar-refractivity contribution in [3.05, 3.63) is 24.3 Å². The minimum atomic E-state index is 1.00. The van der Waals surface area contributed by atoms with Crippen molar-refractivity contribution in [2.24, 2.45) is 10.9 Å². The van der Waals surface area contributed by atoms with E-state index in [1.165, 1.54) is 0 Å². The Hall–Kier alpha value is -1.05. The van der Waals surface area contributed by atoms with Gasteiger partial charge in [-0.3, -0.25) is 0 Å². The van der Waals surface area contributed by atoms with Crippen LogP contribution in [0.5, 0.6) is 0 Å². The molecule has 0 aliphatic carbocycles. The second-order valence-corrected chi connectivity index (χ2v) is 1.42. The highest BCUT2D eigenvalue weighted by Crippen LogP contribution is 1.84. The Labute approximate surface area is 49.4 Å². The molecule has 2 heteroatoms. The predicted octanol–water partition coefficient (Wildman–Crippen LogP) is 1.06. The number of nitrogens with two attached hydrogens (primary N) is 1. The molecule has 0 unspecified atom stereocenters. The zero-order chi connectivity index (χ0) is 6.41. The number of rotatable bonds is 2. The molecule has 0 fully saturated rings. The highest BCUT2D eigenvalue weighted by Gasteiger charge is 1.73. The zero-order valence-corrected chi connectivity index (χ0v) is 4.96. The van der Waals surface area contributed by atoms with Crippen molar-refractivity contribution in [3.63, 3.8) is 0 Å². The van der Waals surface area contributed by atoms with Gasteiger partial charge >= 0.3 is 0 Å². The molecular formula is C6H10N2. The number of hydrazone groups is 1. The number of allylic oxidation sites excluding steroid dienone is 3. The molecule has 0 spiro atoms. The highest BCUT2D eigenvalue weighted by molar-refractivity contribution is 5.77. The molecule has 0 aromatic heterocycles. The standard InChI is InChI=1S/C6H10N2/c1-3-4-6(2)5-8-7/h3-5H,1,7H2,2H3/b6-4-,8-5-. The average Bonchev–Trinajstić information content (AvgIpc) is 1.68. The highest BCUT2D eigenvalue weighted by atomic mass is 15.1. The van der Waals surface area contributed by atoms with E-state index in [0.717, 1.165) is 5.57 Å². The summed E-state index contributed by atoms with van der Waals surface area (Å²) >= 11 is 0. The van der Waals surface area contributed by atoms with E-state index in [1.807, 2.05) is 13.0 Å². The molecule has 2 nitrogen and oxygen atoms in total. The quantitative estimate of drug-likeness (QED) is 0.245. The lowest BCUT2D eigenvalue weighted by molar-refractivity contribution is 1.26. The molecule has 2 N–H and O–H groups in total. The Morgan fingerprint density at radius 3 is 2.75 bits per heavy atom. The van der Waals surface area contributed by atoms with E-state index in [2.05, 4.69) is 11.7 Å². The van der Waals surface area contributed by atoms with Crippen molar-refractivity contribution < 1.29 is 0 Å². The molecule has 0 saturated heterocycles. The third-order valence-electron chi connectivity index (χ3n) is 0.659. The fourth-order valence-corrected chi connectivity index (χ4v) is 0.346. The molecule has 0 aromatic carbocycles. The third kappa shape index (κ3) is 3.15. The first-order valence-corrected chi connectivity index (χ1v) is 2.34. The molecule has 0 amide bonds. The largest absolute Gasteiger partial charge is 0.323 e. The second kappa shape index (κ2) is 4.12. The van der Waals surface area contributed by atoms with Crippen molar-refractivity contribution in [2.45, 2.75) is 6.92 Å². The molecule has 0 heterocycles. The fraction of sp³-hybridized carbons (Fsp3) is 0.167. The van der Waals surface area contributed by atoms with Gasteiger partial charge in [-0.1, -0.05) is 18.7 Å². The van der Waals surface area contributed by atoms with Gasteiger partial charge in [-0.05, 0) is 12.5 Å². The van der Waals surface area contributed by atoms with E-state index >= 15 is 0 Å². The number of nitrogens with zero attached hydrogens (tertiary/aromatic N) is 1. The molecule has 0 aliphatic heterocycles. The summed E-state index contributed by atoms with van der Waals surface area (Å²) in [6.45, 7) is 5.40. The van der Waals surface area contributed by atoms with Crippen LogP contribution in [0.2, 0.25) is 0 Å². The van der Waals surface area contributed by atoms with Crippen molar-refractivity contribution >= 4 is 6.21 Å². The van der Waals surface area contributed by atoms with Gasteiger partial charge in [0.05, 0.1) is 0 Å². The van der Waals surface area contributed by atoms with Gasteiger partial charge in [0.15, 0.2) is 0 Å². The molecule has 0 aliphatic rings. The molecular weight excluding hydrogens is 100 g/mol. The zero-order valence-electron chi connectivity index (χ0n) is 4.96. The van der Waals surface area contributed by atoms with Gasteiger partial charge in [0, 0.05) is 6.21 Å². The molecule has 0 atom stereocenters. The van der Waals surface area contributed by atoms with E-state index in [-0.39, 0.29) is 0 Å². The van der Waals surface area contributed by atoms with Gasteiger partial charge in [-0.2, -0.15) is 5.10 Å². The molecule has 8 heavy (non-hydrogen) atoms. The van der Waals surface area contributed by atoms with Crippen molar-refractivity contribution in [3.8, 4) is 0 Å². The van der Waals surface area contributed by atoms with E-state index in [4.69, 9.17) is 5.84 Å². The van der Waals surface area contributed by atoms with Crippen LogP contribution in [-0.2, 0) is 0 Å². The van der Waals surface area contributed by atoms with Gasteiger partial charge in [-0.15, -0.1) is 0 Å². The van der Waals surface area contributed by atoms with Crippen LogP contribution in [0.3, 0.4) is 0 Å². The van der Waals surface area contributed by atoms with Gasteiger partial charge in [0.2, 0.25) is 0 Å². The van der Waals surface area contributed by atoms with Crippen LogP contribution in [0, 0.1) is 0 Å². The SMILES string of the molecule is C=C/C=C(C)\C=N/N. The summed E-state index contributed by atoms with van der Waals surface area (Å²) in [5.41, 5.74) is 1.00. The topological polar surface area (TPSA) is 38.4 Å². The van der Waals surface area contributed by atoms with Crippen molar-refractivity contribution in [2.75, 3.05) is 0 Å². The summed E-state index contributed by atoms with van der Waals surface area (Å²) in [6.07, 6.45) is 5.09. The number of hydrogen-bond donors (Lipinski definition) is 1. The van der Waals surface area contributed by atoms with Gasteiger partial charge in [0.1, 0.15) is 0 Å². The maximum atomic E-state index is 4.85. The Morgan fingerprint density at radius 1 is 1.75 bits per heavy atom.